The molecule has 1 N–H and O–H groups in total. The van der Waals surface area contributed by atoms with Crippen LogP contribution in [0.4, 0.5) is 0 Å². The van der Waals surface area contributed by atoms with Crippen LogP contribution in [0.3, 0.4) is 0 Å². The highest BCUT2D eigenvalue weighted by molar-refractivity contribution is 5.66. The Morgan fingerprint density at radius 2 is 2.10 bits per heavy atom. The smallest absolute Gasteiger partial charge is 0.303 e. The molecule has 1 aromatic rings. The van der Waals surface area contributed by atoms with Crippen LogP contribution >= 0.6 is 0 Å². The lowest BCUT2D eigenvalue weighted by Gasteiger charge is -2.38. The highest BCUT2D eigenvalue weighted by Gasteiger charge is 2.28. The highest BCUT2D eigenvalue weighted by atomic mass is 16.4. The number of hydrogen-bond acceptors (Lipinski definition) is 2. The Kier molecular flexibility index (Phi) is 5.60. The molecular formula is C17H25NO2. The number of rotatable bonds is 6. The Labute approximate surface area is 121 Å². The van der Waals surface area contributed by atoms with Gasteiger partial charge >= 0.3 is 5.97 Å². The van der Waals surface area contributed by atoms with E-state index in [1.807, 2.05) is 0 Å². The Morgan fingerprint density at radius 3 is 2.75 bits per heavy atom. The zero-order chi connectivity index (χ0) is 14.4. The molecule has 0 aromatic heterocycles. The summed E-state index contributed by atoms with van der Waals surface area (Å²) in [6.07, 6.45) is 3.43. The van der Waals surface area contributed by atoms with E-state index in [9.17, 15) is 4.79 Å². The van der Waals surface area contributed by atoms with Gasteiger partial charge in [-0.1, -0.05) is 43.7 Å². The summed E-state index contributed by atoms with van der Waals surface area (Å²) in [5.41, 5.74) is 1.46. The summed E-state index contributed by atoms with van der Waals surface area (Å²) < 4.78 is 0. The Bertz CT molecular complexity index is 418. The van der Waals surface area contributed by atoms with E-state index < -0.39 is 5.97 Å². The summed E-state index contributed by atoms with van der Waals surface area (Å²) >= 11 is 0. The Hall–Kier alpha value is -1.35. The zero-order valence-corrected chi connectivity index (χ0v) is 12.3. The maximum Gasteiger partial charge on any atom is 0.303 e. The normalized spacial score (nSPS) is 23.6. The molecule has 2 rings (SSSR count). The van der Waals surface area contributed by atoms with Crippen molar-refractivity contribution in [2.24, 2.45) is 5.92 Å². The molecular weight excluding hydrogens is 250 g/mol. The van der Waals surface area contributed by atoms with Crippen LogP contribution in [-0.2, 0) is 4.79 Å². The summed E-state index contributed by atoms with van der Waals surface area (Å²) in [6, 6.07) is 10.8. The third-order valence-electron chi connectivity index (χ3n) is 4.44. The lowest BCUT2D eigenvalue weighted by atomic mass is 9.79. The first-order chi connectivity index (χ1) is 9.70. The van der Waals surface area contributed by atoms with Crippen molar-refractivity contribution < 1.29 is 9.90 Å². The standard InChI is InChI=1S/C17H25NO2/c1-2-14-13-18(11-6-9-17(19)20)12-10-16(14)15-7-4-3-5-8-15/h3-5,7-8,14,16H,2,6,9-13H2,1H3,(H,19,20)/t14-,16+/m0/s1. The lowest BCUT2D eigenvalue weighted by molar-refractivity contribution is -0.137. The molecule has 20 heavy (non-hydrogen) atoms. The number of benzene rings is 1. The predicted molar refractivity (Wildman–Crippen MR) is 80.9 cm³/mol. The van der Waals surface area contributed by atoms with Gasteiger partial charge in [-0.05, 0) is 43.3 Å². The van der Waals surface area contributed by atoms with Crippen molar-refractivity contribution in [3.8, 4) is 0 Å². The third kappa shape index (κ3) is 4.07. The maximum atomic E-state index is 10.6. The van der Waals surface area contributed by atoms with Crippen molar-refractivity contribution in [3.63, 3.8) is 0 Å². The summed E-state index contributed by atoms with van der Waals surface area (Å²) in [4.78, 5) is 13.0. The monoisotopic (exact) mass is 275 g/mol. The molecule has 1 aliphatic rings. The molecule has 0 amide bonds. The van der Waals surface area contributed by atoms with E-state index in [4.69, 9.17) is 5.11 Å². The first-order valence-corrected chi connectivity index (χ1v) is 7.69. The molecule has 0 radical (unpaired) electrons. The molecule has 0 aliphatic carbocycles. The summed E-state index contributed by atoms with van der Waals surface area (Å²) in [6.45, 7) is 5.39. The molecule has 2 atom stereocenters. The van der Waals surface area contributed by atoms with Crippen LogP contribution in [0, 0.1) is 5.92 Å². The van der Waals surface area contributed by atoms with Crippen molar-refractivity contribution in [3.05, 3.63) is 35.9 Å². The van der Waals surface area contributed by atoms with Gasteiger partial charge in [0.15, 0.2) is 0 Å². The van der Waals surface area contributed by atoms with Crippen molar-refractivity contribution in [1.29, 1.82) is 0 Å². The van der Waals surface area contributed by atoms with Gasteiger partial charge in [-0.3, -0.25) is 4.79 Å². The molecule has 1 fully saturated rings. The number of carboxylic acids is 1. The molecule has 0 saturated carbocycles. The topological polar surface area (TPSA) is 40.5 Å². The second kappa shape index (κ2) is 7.44. The predicted octanol–water partition coefficient (Wildman–Crippen LogP) is 3.37. The molecule has 0 bridgehead atoms. The molecule has 3 nitrogen and oxygen atoms in total. The molecule has 1 heterocycles. The van der Waals surface area contributed by atoms with Crippen LogP contribution in [0.15, 0.2) is 30.3 Å². The Morgan fingerprint density at radius 1 is 1.35 bits per heavy atom. The number of carboxylic acid groups (broad SMARTS) is 1. The first-order valence-electron chi connectivity index (χ1n) is 7.69. The number of likely N-dealkylation sites (tertiary alicyclic amines) is 1. The van der Waals surface area contributed by atoms with Crippen LogP contribution in [-0.4, -0.2) is 35.6 Å². The van der Waals surface area contributed by atoms with E-state index in [1.54, 1.807) is 0 Å². The fourth-order valence-corrected chi connectivity index (χ4v) is 3.32. The summed E-state index contributed by atoms with van der Waals surface area (Å²) in [5, 5.41) is 8.71. The van der Waals surface area contributed by atoms with E-state index in [0.29, 0.717) is 11.8 Å². The van der Waals surface area contributed by atoms with Gasteiger partial charge in [-0.2, -0.15) is 0 Å². The third-order valence-corrected chi connectivity index (χ3v) is 4.44. The molecule has 1 aromatic carbocycles. The SMILES string of the molecule is CC[C@H]1CN(CCCC(=O)O)CC[C@H]1c1ccccc1. The second-order valence-corrected chi connectivity index (χ2v) is 5.77. The van der Waals surface area contributed by atoms with Crippen LogP contribution in [0.1, 0.15) is 44.1 Å². The fourth-order valence-electron chi connectivity index (χ4n) is 3.32. The molecule has 0 unspecified atom stereocenters. The molecule has 0 spiro atoms. The zero-order valence-electron chi connectivity index (χ0n) is 12.3. The van der Waals surface area contributed by atoms with Crippen molar-refractivity contribution in [2.75, 3.05) is 19.6 Å². The number of aliphatic carboxylic acids is 1. The van der Waals surface area contributed by atoms with Crippen LogP contribution in [0.2, 0.25) is 0 Å². The number of hydrogen-bond donors (Lipinski definition) is 1. The van der Waals surface area contributed by atoms with E-state index in [0.717, 1.165) is 26.1 Å². The number of carbonyl (C=O) groups is 1. The average Bonchev–Trinajstić information content (AvgIpc) is 2.47. The van der Waals surface area contributed by atoms with Crippen LogP contribution in [0.25, 0.3) is 0 Å². The van der Waals surface area contributed by atoms with Crippen molar-refractivity contribution in [1.82, 2.24) is 4.90 Å². The van der Waals surface area contributed by atoms with Gasteiger partial charge in [0, 0.05) is 13.0 Å². The van der Waals surface area contributed by atoms with Gasteiger partial charge in [0.25, 0.3) is 0 Å². The van der Waals surface area contributed by atoms with E-state index in [1.165, 1.54) is 18.4 Å². The Balaban J connectivity index is 1.89. The van der Waals surface area contributed by atoms with Gasteiger partial charge in [0.05, 0.1) is 0 Å². The van der Waals surface area contributed by atoms with Gasteiger partial charge in [-0.15, -0.1) is 0 Å². The molecule has 110 valence electrons. The minimum absolute atomic E-state index is 0.287. The van der Waals surface area contributed by atoms with E-state index in [2.05, 4.69) is 42.2 Å². The van der Waals surface area contributed by atoms with Gasteiger partial charge in [0.2, 0.25) is 0 Å². The lowest BCUT2D eigenvalue weighted by Crippen LogP contribution is -2.39. The fraction of sp³-hybridized carbons (Fsp3) is 0.588. The van der Waals surface area contributed by atoms with Gasteiger partial charge in [0.1, 0.15) is 0 Å². The minimum Gasteiger partial charge on any atom is -0.481 e. The minimum atomic E-state index is -0.684. The van der Waals surface area contributed by atoms with E-state index in [-0.39, 0.29) is 6.42 Å². The number of piperidine rings is 1. The highest BCUT2D eigenvalue weighted by Crippen LogP contribution is 2.34. The average molecular weight is 275 g/mol. The second-order valence-electron chi connectivity index (χ2n) is 5.77. The van der Waals surface area contributed by atoms with Gasteiger partial charge < -0.3 is 10.0 Å². The number of nitrogens with zero attached hydrogens (tertiary/aromatic N) is 1. The summed E-state index contributed by atoms with van der Waals surface area (Å²) in [7, 11) is 0. The maximum absolute atomic E-state index is 10.6. The van der Waals surface area contributed by atoms with Crippen molar-refractivity contribution in [2.45, 2.75) is 38.5 Å². The first kappa shape index (κ1) is 15.0. The molecule has 1 saturated heterocycles. The van der Waals surface area contributed by atoms with Crippen molar-refractivity contribution >= 4 is 5.97 Å². The molecule has 1 aliphatic heterocycles. The van der Waals surface area contributed by atoms with E-state index >= 15 is 0 Å². The summed E-state index contributed by atoms with van der Waals surface area (Å²) in [5.74, 6) is 0.670. The quantitative estimate of drug-likeness (QED) is 0.865. The molecule has 3 heteroatoms. The van der Waals surface area contributed by atoms with Gasteiger partial charge in [-0.25, -0.2) is 0 Å². The largest absolute Gasteiger partial charge is 0.481 e. The van der Waals surface area contributed by atoms with Crippen LogP contribution < -0.4 is 0 Å². The van der Waals surface area contributed by atoms with Crippen LogP contribution in [0.5, 0.6) is 0 Å².